The van der Waals surface area contributed by atoms with Crippen LogP contribution in [0.15, 0.2) is 42.6 Å². The average Bonchev–Trinajstić information content (AvgIpc) is 3.08. The van der Waals surface area contributed by atoms with E-state index in [1.807, 2.05) is 17.9 Å². The van der Waals surface area contributed by atoms with Gasteiger partial charge in [0.1, 0.15) is 0 Å². The normalized spacial score (nSPS) is 20.8. The summed E-state index contributed by atoms with van der Waals surface area (Å²) in [7, 11) is 4.22. The average molecular weight is 362 g/mol. The van der Waals surface area contributed by atoms with Crippen molar-refractivity contribution in [2.24, 2.45) is 7.05 Å². The Morgan fingerprint density at radius 1 is 1.04 bits per heavy atom. The molecule has 3 aromatic rings. The van der Waals surface area contributed by atoms with Gasteiger partial charge in [0, 0.05) is 50.2 Å². The molecule has 1 aromatic heterocycles. The van der Waals surface area contributed by atoms with Crippen LogP contribution < -0.4 is 4.90 Å². The van der Waals surface area contributed by atoms with E-state index in [-0.39, 0.29) is 0 Å². The second-order valence-electron chi connectivity index (χ2n) is 7.82. The van der Waals surface area contributed by atoms with Crippen LogP contribution in [-0.4, -0.2) is 54.6 Å². The van der Waals surface area contributed by atoms with Crippen LogP contribution in [0, 0.1) is 0 Å². The molecule has 5 rings (SSSR count). The molecule has 2 aromatic carbocycles. The molecule has 2 aliphatic heterocycles. The first-order valence-electron chi connectivity index (χ1n) is 9.75. The molecule has 0 N–H and O–H groups in total. The summed E-state index contributed by atoms with van der Waals surface area (Å²) in [5.41, 5.74) is 6.81. The van der Waals surface area contributed by atoms with Crippen LogP contribution in [0.1, 0.15) is 22.6 Å². The van der Waals surface area contributed by atoms with Crippen molar-refractivity contribution in [3.63, 3.8) is 0 Å². The zero-order chi connectivity index (χ0) is 18.4. The van der Waals surface area contributed by atoms with Gasteiger partial charge in [0.2, 0.25) is 0 Å². The summed E-state index contributed by atoms with van der Waals surface area (Å²) in [5, 5.41) is 5.61. The molecule has 0 amide bonds. The fraction of sp³-hybridized carbons (Fsp3) is 0.409. The van der Waals surface area contributed by atoms with Crippen molar-refractivity contribution in [1.29, 1.82) is 0 Å². The van der Waals surface area contributed by atoms with Crippen molar-refractivity contribution >= 4 is 16.6 Å². The first-order valence-corrected chi connectivity index (χ1v) is 9.75. The SMILES string of the molecule is CN1Cc2cc(N3CCOCC3)ccc2C(c2ccc3c(cnn3C)c2)C1. The van der Waals surface area contributed by atoms with Crippen LogP contribution in [-0.2, 0) is 18.3 Å². The Balaban J connectivity index is 1.52. The highest BCUT2D eigenvalue weighted by Gasteiger charge is 2.26. The van der Waals surface area contributed by atoms with Crippen LogP contribution in [0.2, 0.25) is 0 Å². The molecule has 1 saturated heterocycles. The van der Waals surface area contributed by atoms with Gasteiger partial charge < -0.3 is 14.5 Å². The van der Waals surface area contributed by atoms with Gasteiger partial charge in [-0.2, -0.15) is 5.10 Å². The molecule has 1 atom stereocenters. The highest BCUT2D eigenvalue weighted by molar-refractivity contribution is 5.79. The number of aromatic nitrogens is 2. The van der Waals surface area contributed by atoms with E-state index in [9.17, 15) is 0 Å². The molecular weight excluding hydrogens is 336 g/mol. The van der Waals surface area contributed by atoms with Crippen LogP contribution in [0.25, 0.3) is 10.9 Å². The molecule has 0 bridgehead atoms. The van der Waals surface area contributed by atoms with E-state index in [1.54, 1.807) is 0 Å². The number of hydrogen-bond donors (Lipinski definition) is 0. The van der Waals surface area contributed by atoms with E-state index < -0.39 is 0 Å². The van der Waals surface area contributed by atoms with Gasteiger partial charge in [-0.1, -0.05) is 12.1 Å². The summed E-state index contributed by atoms with van der Waals surface area (Å²) in [5.74, 6) is 0.405. The van der Waals surface area contributed by atoms with Crippen LogP contribution in [0.4, 0.5) is 5.69 Å². The summed E-state index contributed by atoms with van der Waals surface area (Å²) in [6.07, 6.45) is 1.97. The maximum atomic E-state index is 5.51. The minimum absolute atomic E-state index is 0.405. The highest BCUT2D eigenvalue weighted by Crippen LogP contribution is 2.36. The lowest BCUT2D eigenvalue weighted by Gasteiger charge is -2.35. The standard InChI is InChI=1S/C22H26N4O/c1-24-14-18-12-19(26-7-9-27-10-8-26)4-5-20(18)21(15-24)16-3-6-22-17(11-16)13-23-25(22)2/h3-6,11-13,21H,7-10,14-15H2,1-2H3. The number of nitrogens with zero attached hydrogens (tertiary/aromatic N) is 4. The van der Waals surface area contributed by atoms with Gasteiger partial charge >= 0.3 is 0 Å². The third kappa shape index (κ3) is 3.01. The lowest BCUT2D eigenvalue weighted by atomic mass is 9.84. The van der Waals surface area contributed by atoms with E-state index in [4.69, 9.17) is 4.74 Å². The second-order valence-corrected chi connectivity index (χ2v) is 7.82. The predicted molar refractivity (Wildman–Crippen MR) is 108 cm³/mol. The lowest BCUT2D eigenvalue weighted by Crippen LogP contribution is -2.36. The largest absolute Gasteiger partial charge is 0.378 e. The van der Waals surface area contributed by atoms with Gasteiger partial charge in [0.25, 0.3) is 0 Å². The van der Waals surface area contributed by atoms with Crippen molar-refractivity contribution in [1.82, 2.24) is 14.7 Å². The number of fused-ring (bicyclic) bond motifs is 2. The van der Waals surface area contributed by atoms with Crippen molar-refractivity contribution in [3.05, 3.63) is 59.3 Å². The van der Waals surface area contributed by atoms with E-state index in [1.165, 1.54) is 33.3 Å². The fourth-order valence-corrected chi connectivity index (χ4v) is 4.54. The van der Waals surface area contributed by atoms with Gasteiger partial charge in [-0.25, -0.2) is 0 Å². The Hall–Kier alpha value is -2.37. The van der Waals surface area contributed by atoms with Gasteiger partial charge in [-0.3, -0.25) is 4.68 Å². The number of aryl methyl sites for hydroxylation is 1. The fourth-order valence-electron chi connectivity index (χ4n) is 4.54. The topological polar surface area (TPSA) is 33.5 Å². The zero-order valence-corrected chi connectivity index (χ0v) is 16.1. The summed E-state index contributed by atoms with van der Waals surface area (Å²) in [4.78, 5) is 4.87. The van der Waals surface area contributed by atoms with Crippen molar-refractivity contribution in [2.45, 2.75) is 12.5 Å². The summed E-state index contributed by atoms with van der Waals surface area (Å²) < 4.78 is 7.45. The van der Waals surface area contributed by atoms with E-state index in [0.717, 1.165) is 39.4 Å². The first kappa shape index (κ1) is 16.8. The van der Waals surface area contributed by atoms with Crippen molar-refractivity contribution in [2.75, 3.05) is 44.8 Å². The Bertz CT molecular complexity index is 974. The van der Waals surface area contributed by atoms with E-state index >= 15 is 0 Å². The minimum atomic E-state index is 0.405. The molecule has 140 valence electrons. The zero-order valence-electron chi connectivity index (χ0n) is 16.1. The molecule has 5 heteroatoms. The molecule has 5 nitrogen and oxygen atoms in total. The Labute approximate surface area is 160 Å². The first-order chi connectivity index (χ1) is 13.2. The van der Waals surface area contributed by atoms with Gasteiger partial charge in [0.15, 0.2) is 0 Å². The number of benzene rings is 2. The maximum Gasteiger partial charge on any atom is 0.0679 e. The summed E-state index contributed by atoms with van der Waals surface area (Å²) in [6.45, 7) is 5.68. The smallest absolute Gasteiger partial charge is 0.0679 e. The number of likely N-dealkylation sites (N-methyl/N-ethyl adjacent to an activating group) is 1. The molecule has 2 aliphatic rings. The minimum Gasteiger partial charge on any atom is -0.378 e. The molecule has 1 unspecified atom stereocenters. The van der Waals surface area contributed by atoms with Crippen molar-refractivity contribution < 1.29 is 4.74 Å². The third-order valence-electron chi connectivity index (χ3n) is 5.99. The van der Waals surface area contributed by atoms with Crippen LogP contribution >= 0.6 is 0 Å². The van der Waals surface area contributed by atoms with Crippen LogP contribution in [0.5, 0.6) is 0 Å². The molecule has 0 saturated carbocycles. The summed E-state index contributed by atoms with van der Waals surface area (Å²) >= 11 is 0. The lowest BCUT2D eigenvalue weighted by molar-refractivity contribution is 0.122. The molecule has 0 spiro atoms. The van der Waals surface area contributed by atoms with Gasteiger partial charge in [-0.15, -0.1) is 0 Å². The number of morpholine rings is 1. The van der Waals surface area contributed by atoms with Crippen molar-refractivity contribution in [3.8, 4) is 0 Å². The molecule has 0 aliphatic carbocycles. The van der Waals surface area contributed by atoms with Gasteiger partial charge in [-0.05, 0) is 48.0 Å². The molecule has 27 heavy (non-hydrogen) atoms. The number of anilines is 1. The summed E-state index contributed by atoms with van der Waals surface area (Å²) in [6, 6.07) is 13.8. The second kappa shape index (κ2) is 6.66. The monoisotopic (exact) mass is 362 g/mol. The number of rotatable bonds is 2. The van der Waals surface area contributed by atoms with Crippen LogP contribution in [0.3, 0.4) is 0 Å². The maximum absolute atomic E-state index is 5.51. The Kier molecular flexibility index (Phi) is 4.14. The third-order valence-corrected chi connectivity index (χ3v) is 5.99. The predicted octanol–water partition coefficient (Wildman–Crippen LogP) is 2.99. The Morgan fingerprint density at radius 3 is 2.74 bits per heavy atom. The highest BCUT2D eigenvalue weighted by atomic mass is 16.5. The Morgan fingerprint density at radius 2 is 1.89 bits per heavy atom. The molecule has 0 radical (unpaired) electrons. The van der Waals surface area contributed by atoms with E-state index in [0.29, 0.717) is 5.92 Å². The molecule has 1 fully saturated rings. The molecule has 3 heterocycles. The molecular formula is C22H26N4O. The number of ether oxygens (including phenoxy) is 1. The quantitative estimate of drug-likeness (QED) is 0.702. The number of hydrogen-bond acceptors (Lipinski definition) is 4. The van der Waals surface area contributed by atoms with Gasteiger partial charge in [0.05, 0.1) is 24.9 Å². The van der Waals surface area contributed by atoms with E-state index in [2.05, 4.69) is 58.3 Å².